The minimum atomic E-state index is 0.357. The highest BCUT2D eigenvalue weighted by Crippen LogP contribution is 2.21. The second kappa shape index (κ2) is 10.1. The molecule has 27 heavy (non-hydrogen) atoms. The number of benzene rings is 1. The molecule has 1 aromatic carbocycles. The van der Waals surface area contributed by atoms with Gasteiger partial charge in [0.1, 0.15) is 12.7 Å². The monoisotopic (exact) mass is 370 g/mol. The summed E-state index contributed by atoms with van der Waals surface area (Å²) in [6.07, 6.45) is 5.60. The van der Waals surface area contributed by atoms with Gasteiger partial charge in [0.2, 0.25) is 0 Å². The van der Waals surface area contributed by atoms with Crippen LogP contribution in [0.3, 0.4) is 0 Å². The van der Waals surface area contributed by atoms with Crippen LogP contribution in [0.2, 0.25) is 0 Å². The van der Waals surface area contributed by atoms with Gasteiger partial charge in [-0.25, -0.2) is 14.7 Å². The van der Waals surface area contributed by atoms with Crippen molar-refractivity contribution in [1.82, 2.24) is 25.4 Å². The van der Waals surface area contributed by atoms with E-state index in [-0.39, 0.29) is 0 Å². The minimum Gasteiger partial charge on any atom is -0.357 e. The maximum Gasteiger partial charge on any atom is 0.191 e. The molecule has 0 aliphatic heterocycles. The highest BCUT2D eigenvalue weighted by Gasteiger charge is 2.13. The molecule has 1 aromatic heterocycles. The Morgan fingerprint density at radius 1 is 1.26 bits per heavy atom. The fourth-order valence-electron chi connectivity index (χ4n) is 2.77. The van der Waals surface area contributed by atoms with Gasteiger partial charge in [0.15, 0.2) is 5.96 Å². The predicted molar refractivity (Wildman–Crippen MR) is 112 cm³/mol. The van der Waals surface area contributed by atoms with E-state index in [1.807, 2.05) is 4.68 Å². The van der Waals surface area contributed by atoms with Gasteiger partial charge in [-0.15, -0.1) is 0 Å². The Balaban J connectivity index is 1.95. The fourth-order valence-corrected chi connectivity index (χ4v) is 2.77. The number of guanidine groups is 1. The molecule has 0 bridgehead atoms. The average Bonchev–Trinajstić information content (AvgIpc) is 3.11. The zero-order valence-electron chi connectivity index (χ0n) is 17.4. The number of rotatable bonds is 8. The first-order chi connectivity index (χ1) is 12.9. The van der Waals surface area contributed by atoms with Crippen LogP contribution in [0.15, 0.2) is 41.9 Å². The number of nitrogens with zero attached hydrogens (tertiary/aromatic N) is 4. The highest BCUT2D eigenvalue weighted by molar-refractivity contribution is 5.80. The molecule has 1 heterocycles. The van der Waals surface area contributed by atoms with Crippen LogP contribution in [0.4, 0.5) is 0 Å². The van der Waals surface area contributed by atoms with Crippen molar-refractivity contribution in [3.05, 3.63) is 48.0 Å². The van der Waals surface area contributed by atoms with Gasteiger partial charge in [-0.05, 0) is 43.2 Å². The van der Waals surface area contributed by atoms with Gasteiger partial charge in [-0.1, -0.05) is 45.0 Å². The normalized spacial score (nSPS) is 13.4. The molecule has 0 aliphatic carbocycles. The smallest absolute Gasteiger partial charge is 0.191 e. The summed E-state index contributed by atoms with van der Waals surface area (Å²) in [6.45, 7) is 13.4. The van der Waals surface area contributed by atoms with Crippen LogP contribution in [0.5, 0.6) is 0 Å². The molecule has 0 spiro atoms. The summed E-state index contributed by atoms with van der Waals surface area (Å²) in [4.78, 5) is 8.76. The third-order valence-corrected chi connectivity index (χ3v) is 4.28. The molecule has 6 nitrogen and oxygen atoms in total. The van der Waals surface area contributed by atoms with Crippen LogP contribution in [-0.4, -0.2) is 33.3 Å². The van der Waals surface area contributed by atoms with Crippen LogP contribution >= 0.6 is 0 Å². The zero-order valence-corrected chi connectivity index (χ0v) is 17.4. The Bertz CT molecular complexity index is 700. The Morgan fingerprint density at radius 3 is 2.70 bits per heavy atom. The maximum absolute atomic E-state index is 4.77. The molecular weight excluding hydrogens is 336 g/mol. The molecule has 0 aliphatic rings. The zero-order chi connectivity index (χ0) is 19.7. The summed E-state index contributed by atoms with van der Waals surface area (Å²) in [5.41, 5.74) is 2.74. The van der Waals surface area contributed by atoms with Crippen molar-refractivity contribution in [1.29, 1.82) is 0 Å². The molecule has 0 radical (unpaired) electrons. The van der Waals surface area contributed by atoms with Crippen molar-refractivity contribution in [3.8, 4) is 0 Å². The summed E-state index contributed by atoms with van der Waals surface area (Å²) in [7, 11) is 0. The van der Waals surface area contributed by atoms with Crippen LogP contribution < -0.4 is 10.6 Å². The van der Waals surface area contributed by atoms with Crippen LogP contribution in [0, 0.1) is 5.41 Å². The fraction of sp³-hybridized carbons (Fsp3) is 0.571. The van der Waals surface area contributed by atoms with E-state index >= 15 is 0 Å². The molecule has 0 fully saturated rings. The van der Waals surface area contributed by atoms with Gasteiger partial charge < -0.3 is 10.6 Å². The van der Waals surface area contributed by atoms with E-state index in [0.29, 0.717) is 18.0 Å². The summed E-state index contributed by atoms with van der Waals surface area (Å²) >= 11 is 0. The summed E-state index contributed by atoms with van der Waals surface area (Å²) in [5.74, 6) is 0.876. The molecule has 0 saturated heterocycles. The summed E-state index contributed by atoms with van der Waals surface area (Å²) in [6, 6.07) is 8.86. The van der Waals surface area contributed by atoms with Crippen molar-refractivity contribution in [3.63, 3.8) is 0 Å². The lowest BCUT2D eigenvalue weighted by Gasteiger charge is -2.23. The van der Waals surface area contributed by atoms with Crippen molar-refractivity contribution >= 4 is 5.96 Å². The molecule has 0 saturated carbocycles. The SMILES string of the molecule is CCNC(=NCc1cccc(Cn2cncn2)c1)NC(C)CCC(C)(C)C. The lowest BCUT2D eigenvalue weighted by molar-refractivity contribution is 0.346. The highest BCUT2D eigenvalue weighted by atomic mass is 15.3. The largest absolute Gasteiger partial charge is 0.357 e. The van der Waals surface area contributed by atoms with Gasteiger partial charge in [-0.2, -0.15) is 5.10 Å². The van der Waals surface area contributed by atoms with Gasteiger partial charge in [0, 0.05) is 12.6 Å². The summed E-state index contributed by atoms with van der Waals surface area (Å²) < 4.78 is 1.82. The molecule has 2 rings (SSSR count). The Hall–Kier alpha value is -2.37. The number of aliphatic imine (C=N–C) groups is 1. The maximum atomic E-state index is 4.77. The molecule has 1 atom stereocenters. The van der Waals surface area contributed by atoms with Crippen molar-refractivity contribution in [2.75, 3.05) is 6.54 Å². The van der Waals surface area contributed by atoms with Crippen molar-refractivity contribution in [2.45, 2.75) is 66.6 Å². The molecule has 1 unspecified atom stereocenters. The number of hydrogen-bond donors (Lipinski definition) is 2. The number of hydrogen-bond acceptors (Lipinski definition) is 3. The first kappa shape index (κ1) is 20.9. The molecule has 0 amide bonds. The van der Waals surface area contributed by atoms with E-state index in [0.717, 1.165) is 25.5 Å². The van der Waals surface area contributed by atoms with E-state index in [2.05, 4.69) is 79.6 Å². The van der Waals surface area contributed by atoms with E-state index in [1.54, 1.807) is 12.7 Å². The van der Waals surface area contributed by atoms with Crippen LogP contribution in [-0.2, 0) is 13.1 Å². The molecular formula is C21H34N6. The van der Waals surface area contributed by atoms with Crippen LogP contribution in [0.1, 0.15) is 58.6 Å². The molecule has 2 N–H and O–H groups in total. The summed E-state index contributed by atoms with van der Waals surface area (Å²) in [5, 5.41) is 11.0. The Morgan fingerprint density at radius 2 is 2.04 bits per heavy atom. The third kappa shape index (κ3) is 8.24. The predicted octanol–water partition coefficient (Wildman–Crippen LogP) is 3.60. The minimum absolute atomic E-state index is 0.357. The van der Waals surface area contributed by atoms with E-state index in [1.165, 1.54) is 17.5 Å². The van der Waals surface area contributed by atoms with Gasteiger partial charge in [-0.3, -0.25) is 0 Å². The van der Waals surface area contributed by atoms with E-state index in [4.69, 9.17) is 4.99 Å². The number of nitrogens with one attached hydrogen (secondary N) is 2. The second-order valence-electron chi connectivity index (χ2n) is 8.25. The Labute approximate surface area is 163 Å². The van der Waals surface area contributed by atoms with E-state index in [9.17, 15) is 0 Å². The Kier molecular flexibility index (Phi) is 7.82. The lowest BCUT2D eigenvalue weighted by atomic mass is 9.89. The topological polar surface area (TPSA) is 67.1 Å². The average molecular weight is 371 g/mol. The molecule has 2 aromatic rings. The first-order valence-electron chi connectivity index (χ1n) is 9.81. The first-order valence-corrected chi connectivity index (χ1v) is 9.81. The molecule has 148 valence electrons. The van der Waals surface area contributed by atoms with Crippen LogP contribution in [0.25, 0.3) is 0 Å². The standard InChI is InChI=1S/C21H34N6/c1-6-23-20(26-17(2)10-11-21(3,4)5)24-13-18-8-7-9-19(12-18)14-27-16-22-15-25-27/h7-9,12,15-17H,6,10-11,13-14H2,1-5H3,(H2,23,24,26). The van der Waals surface area contributed by atoms with Crippen molar-refractivity contribution in [2.24, 2.45) is 10.4 Å². The lowest BCUT2D eigenvalue weighted by Crippen LogP contribution is -2.42. The molecule has 6 heteroatoms. The number of aromatic nitrogens is 3. The van der Waals surface area contributed by atoms with Gasteiger partial charge in [0.05, 0.1) is 13.1 Å². The van der Waals surface area contributed by atoms with E-state index < -0.39 is 0 Å². The van der Waals surface area contributed by atoms with Gasteiger partial charge >= 0.3 is 0 Å². The van der Waals surface area contributed by atoms with Gasteiger partial charge in [0.25, 0.3) is 0 Å². The third-order valence-electron chi connectivity index (χ3n) is 4.28. The second-order valence-corrected chi connectivity index (χ2v) is 8.25. The quantitative estimate of drug-likeness (QED) is 0.550. The van der Waals surface area contributed by atoms with Crippen molar-refractivity contribution < 1.29 is 0 Å².